The number of hydrogen-bond donors (Lipinski definition) is 1. The summed E-state index contributed by atoms with van der Waals surface area (Å²) in [6.45, 7) is 7.73. The maximum absolute atomic E-state index is 13.1. The summed E-state index contributed by atoms with van der Waals surface area (Å²) < 4.78 is 7.53. The van der Waals surface area contributed by atoms with Gasteiger partial charge in [0.1, 0.15) is 5.76 Å². The summed E-state index contributed by atoms with van der Waals surface area (Å²) in [7, 11) is 0. The molecule has 1 atom stereocenters. The molecule has 146 valence electrons. The molecule has 1 aliphatic carbocycles. The van der Waals surface area contributed by atoms with E-state index >= 15 is 0 Å². The molecular weight excluding hydrogens is 340 g/mol. The maximum atomic E-state index is 13.1. The summed E-state index contributed by atoms with van der Waals surface area (Å²) >= 11 is 0. The van der Waals surface area contributed by atoms with Gasteiger partial charge in [0, 0.05) is 36.9 Å². The molecule has 2 aromatic rings. The second-order valence-electron chi connectivity index (χ2n) is 8.25. The van der Waals surface area contributed by atoms with Crippen LogP contribution >= 0.6 is 0 Å². The van der Waals surface area contributed by atoms with Gasteiger partial charge in [0.05, 0.1) is 12.8 Å². The van der Waals surface area contributed by atoms with Crippen molar-refractivity contribution in [1.82, 2.24) is 20.0 Å². The lowest BCUT2D eigenvalue weighted by Gasteiger charge is -2.25. The Kier molecular flexibility index (Phi) is 5.34. The van der Waals surface area contributed by atoms with Crippen molar-refractivity contribution in [3.05, 3.63) is 41.1 Å². The maximum Gasteiger partial charge on any atom is 0.274 e. The van der Waals surface area contributed by atoms with Crippen molar-refractivity contribution in [3.8, 4) is 0 Å². The molecule has 0 radical (unpaired) electrons. The summed E-state index contributed by atoms with van der Waals surface area (Å²) in [6, 6.07) is 4.26. The van der Waals surface area contributed by atoms with Crippen LogP contribution in [0.15, 0.2) is 22.8 Å². The number of fused-ring (bicyclic) bond motifs is 1. The fourth-order valence-electron chi connectivity index (χ4n) is 4.26. The van der Waals surface area contributed by atoms with Gasteiger partial charge in [-0.15, -0.1) is 0 Å². The lowest BCUT2D eigenvalue weighted by Crippen LogP contribution is -2.35. The van der Waals surface area contributed by atoms with Crippen LogP contribution in [0.3, 0.4) is 0 Å². The van der Waals surface area contributed by atoms with Crippen molar-refractivity contribution in [1.29, 1.82) is 0 Å². The topological polar surface area (TPSA) is 63.3 Å². The van der Waals surface area contributed by atoms with Gasteiger partial charge >= 0.3 is 0 Å². The predicted octanol–water partition coefficient (Wildman–Crippen LogP) is 3.02. The minimum atomic E-state index is 0.123. The van der Waals surface area contributed by atoms with Crippen molar-refractivity contribution < 1.29 is 9.21 Å². The zero-order valence-corrected chi connectivity index (χ0v) is 16.4. The molecule has 1 amide bonds. The van der Waals surface area contributed by atoms with E-state index in [-0.39, 0.29) is 5.91 Å². The van der Waals surface area contributed by atoms with E-state index in [4.69, 9.17) is 9.52 Å². The molecule has 0 saturated carbocycles. The van der Waals surface area contributed by atoms with Crippen LogP contribution in [-0.4, -0.2) is 39.7 Å². The predicted molar refractivity (Wildman–Crippen MR) is 104 cm³/mol. The standard InChI is InChI=1S/C21H30N4O2/c1-15(2)14-25-19-8-7-16(22-13-17-6-5-11-27-17)12-18(19)20(23-25)21(26)24-9-3-4-10-24/h5-6,11,15-16,22H,3-4,7-10,12-14H2,1-2H3. The summed E-state index contributed by atoms with van der Waals surface area (Å²) in [5, 5.41) is 8.40. The van der Waals surface area contributed by atoms with E-state index in [1.54, 1.807) is 6.26 Å². The van der Waals surface area contributed by atoms with E-state index in [9.17, 15) is 4.79 Å². The van der Waals surface area contributed by atoms with Crippen molar-refractivity contribution >= 4 is 5.91 Å². The Labute approximate surface area is 160 Å². The van der Waals surface area contributed by atoms with Gasteiger partial charge in [-0.3, -0.25) is 9.48 Å². The number of nitrogens with zero attached hydrogens (tertiary/aromatic N) is 3. The fraction of sp³-hybridized carbons (Fsp3) is 0.619. The number of carbonyl (C=O) groups excluding carboxylic acids is 1. The van der Waals surface area contributed by atoms with Gasteiger partial charge in [-0.2, -0.15) is 5.10 Å². The molecule has 27 heavy (non-hydrogen) atoms. The first-order valence-corrected chi connectivity index (χ1v) is 10.3. The third-order valence-electron chi connectivity index (χ3n) is 5.63. The highest BCUT2D eigenvalue weighted by Gasteiger charge is 2.32. The minimum Gasteiger partial charge on any atom is -0.468 e. The Hall–Kier alpha value is -2.08. The lowest BCUT2D eigenvalue weighted by molar-refractivity contribution is 0.0784. The van der Waals surface area contributed by atoms with Crippen molar-refractivity contribution in [2.24, 2.45) is 5.92 Å². The Morgan fingerprint density at radius 3 is 2.89 bits per heavy atom. The molecule has 1 saturated heterocycles. The van der Waals surface area contributed by atoms with Crippen LogP contribution in [0.25, 0.3) is 0 Å². The molecule has 2 aromatic heterocycles. The lowest BCUT2D eigenvalue weighted by atomic mass is 9.91. The Morgan fingerprint density at radius 2 is 2.19 bits per heavy atom. The van der Waals surface area contributed by atoms with Crippen molar-refractivity contribution in [2.75, 3.05) is 13.1 Å². The Balaban J connectivity index is 1.55. The second-order valence-corrected chi connectivity index (χ2v) is 8.25. The summed E-state index contributed by atoms with van der Waals surface area (Å²) in [5.74, 6) is 1.58. The van der Waals surface area contributed by atoms with Gasteiger partial charge in [0.25, 0.3) is 5.91 Å². The van der Waals surface area contributed by atoms with Gasteiger partial charge in [-0.25, -0.2) is 0 Å². The number of carbonyl (C=O) groups is 1. The largest absolute Gasteiger partial charge is 0.468 e. The third kappa shape index (κ3) is 3.95. The van der Waals surface area contributed by atoms with E-state index in [0.29, 0.717) is 17.7 Å². The van der Waals surface area contributed by atoms with E-state index in [1.807, 2.05) is 17.0 Å². The highest BCUT2D eigenvalue weighted by Crippen LogP contribution is 2.27. The SMILES string of the molecule is CC(C)Cn1nc(C(=O)N2CCCC2)c2c1CCC(NCc1ccco1)C2. The monoisotopic (exact) mass is 370 g/mol. The first kappa shape index (κ1) is 18.3. The normalized spacial score (nSPS) is 19.7. The smallest absolute Gasteiger partial charge is 0.274 e. The first-order valence-electron chi connectivity index (χ1n) is 10.3. The number of amides is 1. The highest BCUT2D eigenvalue weighted by molar-refractivity contribution is 5.94. The molecule has 1 fully saturated rings. The van der Waals surface area contributed by atoms with E-state index in [1.165, 1.54) is 5.69 Å². The van der Waals surface area contributed by atoms with E-state index < -0.39 is 0 Å². The van der Waals surface area contributed by atoms with Gasteiger partial charge < -0.3 is 14.6 Å². The molecule has 0 bridgehead atoms. The van der Waals surface area contributed by atoms with Crippen LogP contribution in [0.1, 0.15) is 60.6 Å². The van der Waals surface area contributed by atoms with Crippen LogP contribution in [0.4, 0.5) is 0 Å². The van der Waals surface area contributed by atoms with Crippen LogP contribution in [0.2, 0.25) is 0 Å². The molecule has 1 unspecified atom stereocenters. The number of nitrogens with one attached hydrogen (secondary N) is 1. The van der Waals surface area contributed by atoms with Crippen LogP contribution in [0.5, 0.6) is 0 Å². The van der Waals surface area contributed by atoms with Gasteiger partial charge in [-0.05, 0) is 50.2 Å². The van der Waals surface area contributed by atoms with Crippen molar-refractivity contribution in [2.45, 2.75) is 65.1 Å². The molecule has 6 nitrogen and oxygen atoms in total. The van der Waals surface area contributed by atoms with Gasteiger partial charge in [0.2, 0.25) is 0 Å². The quantitative estimate of drug-likeness (QED) is 0.849. The zero-order valence-electron chi connectivity index (χ0n) is 16.4. The first-order chi connectivity index (χ1) is 13.1. The van der Waals surface area contributed by atoms with Crippen LogP contribution in [0, 0.1) is 5.92 Å². The zero-order chi connectivity index (χ0) is 18.8. The molecule has 6 heteroatoms. The Bertz CT molecular complexity index is 772. The number of likely N-dealkylation sites (tertiary alicyclic amines) is 1. The van der Waals surface area contributed by atoms with Gasteiger partial charge in [-0.1, -0.05) is 13.8 Å². The molecule has 0 spiro atoms. The van der Waals surface area contributed by atoms with Gasteiger partial charge in [0.15, 0.2) is 5.69 Å². The minimum absolute atomic E-state index is 0.123. The summed E-state index contributed by atoms with van der Waals surface area (Å²) in [4.78, 5) is 15.1. The molecule has 3 heterocycles. The molecule has 2 aliphatic rings. The fourth-order valence-corrected chi connectivity index (χ4v) is 4.26. The second kappa shape index (κ2) is 7.89. The summed E-state index contributed by atoms with van der Waals surface area (Å²) in [5.41, 5.74) is 3.12. The molecular formula is C21H30N4O2. The number of aromatic nitrogens is 2. The molecule has 0 aromatic carbocycles. The number of rotatable bonds is 6. The summed E-state index contributed by atoms with van der Waals surface area (Å²) in [6.07, 6.45) is 6.82. The average Bonchev–Trinajstić information content (AvgIpc) is 3.40. The Morgan fingerprint density at radius 1 is 1.37 bits per heavy atom. The van der Waals surface area contributed by atoms with E-state index in [0.717, 1.165) is 69.6 Å². The average molecular weight is 370 g/mol. The molecule has 4 rings (SSSR count). The number of furan rings is 1. The van der Waals surface area contributed by atoms with Crippen LogP contribution < -0.4 is 5.32 Å². The third-order valence-corrected chi connectivity index (χ3v) is 5.63. The van der Waals surface area contributed by atoms with E-state index in [2.05, 4.69) is 23.8 Å². The molecule has 1 aliphatic heterocycles. The number of hydrogen-bond acceptors (Lipinski definition) is 4. The molecule has 1 N–H and O–H groups in total. The highest BCUT2D eigenvalue weighted by atomic mass is 16.3. The van der Waals surface area contributed by atoms with Crippen LogP contribution in [-0.2, 0) is 25.9 Å². The van der Waals surface area contributed by atoms with Crippen molar-refractivity contribution in [3.63, 3.8) is 0 Å².